The Morgan fingerprint density at radius 1 is 1.11 bits per heavy atom. The summed E-state index contributed by atoms with van der Waals surface area (Å²) in [6.45, 7) is 0. The molecule has 0 bridgehead atoms. The van der Waals surface area contributed by atoms with Gasteiger partial charge < -0.3 is 0 Å². The maximum absolute atomic E-state index is 12.0. The lowest BCUT2D eigenvalue weighted by Gasteiger charge is -2.19. The number of carbonyl (C=O) groups excluding carboxylic acids is 1. The van der Waals surface area contributed by atoms with Crippen molar-refractivity contribution in [2.75, 3.05) is 5.75 Å². The predicted molar refractivity (Wildman–Crippen MR) is 74.7 cm³/mol. The highest BCUT2D eigenvalue weighted by Crippen LogP contribution is 2.24. The Kier molecular flexibility index (Phi) is 5.12. The Morgan fingerprint density at radius 3 is 2.44 bits per heavy atom. The van der Waals surface area contributed by atoms with Crippen LogP contribution in [-0.2, 0) is 21.3 Å². The van der Waals surface area contributed by atoms with E-state index in [1.807, 2.05) is 30.3 Å². The van der Waals surface area contributed by atoms with E-state index in [1.165, 1.54) is 6.42 Å². The predicted octanol–water partition coefficient (Wildman–Crippen LogP) is 3.08. The lowest BCUT2D eigenvalue weighted by Crippen LogP contribution is -2.23. The number of ketones is 1. The van der Waals surface area contributed by atoms with Gasteiger partial charge in [0.15, 0.2) is 0 Å². The van der Waals surface area contributed by atoms with Crippen LogP contribution in [0.25, 0.3) is 0 Å². The molecule has 1 aliphatic carbocycles. The van der Waals surface area contributed by atoms with E-state index >= 15 is 0 Å². The summed E-state index contributed by atoms with van der Waals surface area (Å²) in [5, 5.41) is 0. The first-order chi connectivity index (χ1) is 8.75. The van der Waals surface area contributed by atoms with Gasteiger partial charge in [0.1, 0.15) is 5.78 Å². The zero-order valence-electron chi connectivity index (χ0n) is 10.6. The molecule has 1 unspecified atom stereocenters. The van der Waals surface area contributed by atoms with Crippen molar-refractivity contribution >= 4 is 16.6 Å². The first-order valence-corrected chi connectivity index (χ1v) is 8.16. The fourth-order valence-electron chi connectivity index (χ4n) is 2.51. The van der Waals surface area contributed by atoms with E-state index in [1.54, 1.807) is 0 Å². The van der Waals surface area contributed by atoms with Gasteiger partial charge >= 0.3 is 0 Å². The van der Waals surface area contributed by atoms with Crippen LogP contribution in [-0.4, -0.2) is 15.7 Å². The second kappa shape index (κ2) is 6.83. The fraction of sp³-hybridized carbons (Fsp3) is 0.533. The molecule has 1 aromatic rings. The molecule has 0 N–H and O–H groups in total. The minimum Gasteiger partial charge on any atom is -0.298 e. The summed E-state index contributed by atoms with van der Waals surface area (Å²) in [5.41, 5.74) is 1.05. The Morgan fingerprint density at radius 2 is 1.78 bits per heavy atom. The van der Waals surface area contributed by atoms with Gasteiger partial charge in [-0.05, 0) is 18.4 Å². The Balaban J connectivity index is 1.82. The number of hydrogen-bond acceptors (Lipinski definition) is 2. The summed E-state index contributed by atoms with van der Waals surface area (Å²) in [6, 6.07) is 9.75. The van der Waals surface area contributed by atoms with E-state index in [0.717, 1.165) is 31.2 Å². The van der Waals surface area contributed by atoms with Crippen molar-refractivity contribution in [3.8, 4) is 0 Å². The number of benzene rings is 1. The smallest absolute Gasteiger partial charge is 0.148 e. The number of Topliss-reactive ketones (excluding diaryl/α,β-unsaturated/α-hetero) is 1. The molecule has 0 amide bonds. The monoisotopic (exact) mass is 264 g/mol. The molecule has 1 atom stereocenters. The zero-order valence-corrected chi connectivity index (χ0v) is 11.5. The highest BCUT2D eigenvalue weighted by atomic mass is 32.2. The van der Waals surface area contributed by atoms with Crippen LogP contribution in [0, 0.1) is 5.92 Å². The van der Waals surface area contributed by atoms with Crippen molar-refractivity contribution in [1.82, 2.24) is 0 Å². The molecule has 2 nitrogen and oxygen atoms in total. The van der Waals surface area contributed by atoms with Crippen LogP contribution in [0.4, 0.5) is 0 Å². The van der Waals surface area contributed by atoms with Crippen molar-refractivity contribution in [1.29, 1.82) is 0 Å². The van der Waals surface area contributed by atoms with Gasteiger partial charge in [-0.1, -0.05) is 49.6 Å². The van der Waals surface area contributed by atoms with Gasteiger partial charge in [-0.2, -0.15) is 0 Å². The molecule has 1 aliphatic rings. The topological polar surface area (TPSA) is 34.1 Å². The Bertz CT molecular complexity index is 408. The van der Waals surface area contributed by atoms with Crippen LogP contribution in [0.2, 0.25) is 0 Å². The van der Waals surface area contributed by atoms with Crippen molar-refractivity contribution in [2.45, 2.75) is 37.9 Å². The summed E-state index contributed by atoms with van der Waals surface area (Å²) in [4.78, 5) is 12.0. The lowest BCUT2D eigenvalue weighted by molar-refractivity contribution is -0.121. The average molecular weight is 264 g/mol. The van der Waals surface area contributed by atoms with Gasteiger partial charge in [-0.15, -0.1) is 0 Å². The standard InChI is InChI=1S/C15H20O2S/c16-15(14-9-5-2-6-10-14)12-18(17)11-13-7-3-1-4-8-13/h1,3-4,7-8,14H,2,5-6,9-12H2. The van der Waals surface area contributed by atoms with Crippen LogP contribution >= 0.6 is 0 Å². The molecule has 18 heavy (non-hydrogen) atoms. The first kappa shape index (κ1) is 13.5. The van der Waals surface area contributed by atoms with Crippen molar-refractivity contribution in [3.63, 3.8) is 0 Å². The summed E-state index contributed by atoms with van der Waals surface area (Å²) in [5.74, 6) is 1.13. The summed E-state index contributed by atoms with van der Waals surface area (Å²) in [7, 11) is -1.05. The highest BCUT2D eigenvalue weighted by molar-refractivity contribution is 7.84. The van der Waals surface area contributed by atoms with Gasteiger partial charge in [0.2, 0.25) is 0 Å². The van der Waals surface area contributed by atoms with Crippen LogP contribution in [0.1, 0.15) is 37.7 Å². The molecule has 3 heteroatoms. The van der Waals surface area contributed by atoms with Crippen LogP contribution in [0.15, 0.2) is 30.3 Å². The van der Waals surface area contributed by atoms with Gasteiger partial charge in [-0.3, -0.25) is 9.00 Å². The van der Waals surface area contributed by atoms with Crippen LogP contribution in [0.5, 0.6) is 0 Å². The summed E-state index contributed by atoms with van der Waals surface area (Å²) >= 11 is 0. The SMILES string of the molecule is O=C(CS(=O)Cc1ccccc1)C1CCCCC1. The van der Waals surface area contributed by atoms with Crippen molar-refractivity contribution in [2.24, 2.45) is 5.92 Å². The normalized spacial score (nSPS) is 18.4. The zero-order chi connectivity index (χ0) is 12.8. The molecule has 1 aromatic carbocycles. The second-order valence-corrected chi connectivity index (χ2v) is 6.47. The molecule has 0 aromatic heterocycles. The van der Waals surface area contributed by atoms with E-state index in [4.69, 9.17) is 0 Å². The molecular weight excluding hydrogens is 244 g/mol. The minimum atomic E-state index is -1.05. The molecule has 0 aliphatic heterocycles. The van der Waals surface area contributed by atoms with E-state index < -0.39 is 10.8 Å². The largest absolute Gasteiger partial charge is 0.298 e. The maximum Gasteiger partial charge on any atom is 0.148 e. The number of carbonyl (C=O) groups is 1. The van der Waals surface area contributed by atoms with E-state index in [0.29, 0.717) is 5.75 Å². The first-order valence-electron chi connectivity index (χ1n) is 6.67. The summed E-state index contributed by atoms with van der Waals surface area (Å²) in [6.07, 6.45) is 5.56. The van der Waals surface area contributed by atoms with E-state index in [2.05, 4.69) is 0 Å². The maximum atomic E-state index is 12.0. The highest BCUT2D eigenvalue weighted by Gasteiger charge is 2.22. The Hall–Kier alpha value is -0.960. The summed E-state index contributed by atoms with van der Waals surface area (Å²) < 4.78 is 12.0. The molecular formula is C15H20O2S. The third kappa shape index (κ3) is 4.05. The van der Waals surface area contributed by atoms with Gasteiger partial charge in [0, 0.05) is 22.5 Å². The molecule has 1 fully saturated rings. The van der Waals surface area contributed by atoms with Crippen LogP contribution < -0.4 is 0 Å². The van der Waals surface area contributed by atoms with Gasteiger partial charge in [-0.25, -0.2) is 0 Å². The Labute approximate surface area is 111 Å². The quantitative estimate of drug-likeness (QED) is 0.819. The average Bonchev–Trinajstić information content (AvgIpc) is 2.40. The van der Waals surface area contributed by atoms with Crippen molar-refractivity contribution < 1.29 is 9.00 Å². The molecule has 0 heterocycles. The third-order valence-electron chi connectivity index (χ3n) is 3.53. The molecule has 0 saturated heterocycles. The second-order valence-electron chi connectivity index (χ2n) is 5.02. The lowest BCUT2D eigenvalue weighted by atomic mass is 9.87. The minimum absolute atomic E-state index is 0.179. The number of rotatable bonds is 5. The molecule has 0 radical (unpaired) electrons. The van der Waals surface area contributed by atoms with E-state index in [-0.39, 0.29) is 17.5 Å². The van der Waals surface area contributed by atoms with E-state index in [9.17, 15) is 9.00 Å². The van der Waals surface area contributed by atoms with Gasteiger partial charge in [0.05, 0.1) is 5.75 Å². The molecule has 2 rings (SSSR count). The molecule has 0 spiro atoms. The van der Waals surface area contributed by atoms with Gasteiger partial charge in [0.25, 0.3) is 0 Å². The van der Waals surface area contributed by atoms with Crippen molar-refractivity contribution in [3.05, 3.63) is 35.9 Å². The fourth-order valence-corrected chi connectivity index (χ4v) is 3.73. The van der Waals surface area contributed by atoms with Crippen LogP contribution in [0.3, 0.4) is 0 Å². The third-order valence-corrected chi connectivity index (χ3v) is 4.80. The molecule has 98 valence electrons. The molecule has 1 saturated carbocycles. The number of hydrogen-bond donors (Lipinski definition) is 0.